The molecule has 0 saturated heterocycles. The minimum Gasteiger partial charge on any atom is -0.359 e. The molecule has 0 saturated carbocycles. The molecule has 2 aromatic heterocycles. The summed E-state index contributed by atoms with van der Waals surface area (Å²) in [7, 11) is 0. The van der Waals surface area contributed by atoms with Crippen LogP contribution in [0.5, 0.6) is 0 Å². The lowest BCUT2D eigenvalue weighted by Crippen LogP contribution is -2.26. The summed E-state index contributed by atoms with van der Waals surface area (Å²) in [6, 6.07) is 11.9. The number of pyridine rings is 1. The molecule has 0 aliphatic heterocycles. The number of hydrogen-bond acceptors (Lipinski definition) is 4. The van der Waals surface area contributed by atoms with Crippen molar-refractivity contribution >= 4 is 26.8 Å². The minimum atomic E-state index is -0.332. The Morgan fingerprint density at radius 1 is 1.12 bits per heavy atom. The van der Waals surface area contributed by atoms with Gasteiger partial charge in [0.15, 0.2) is 0 Å². The average molecular weight is 414 g/mol. The van der Waals surface area contributed by atoms with E-state index >= 15 is 0 Å². The van der Waals surface area contributed by atoms with Gasteiger partial charge in [0.25, 0.3) is 0 Å². The summed E-state index contributed by atoms with van der Waals surface area (Å²) < 4.78 is 19.0. The number of aromatic nitrogens is 3. The zero-order valence-corrected chi connectivity index (χ0v) is 15.5. The highest BCUT2D eigenvalue weighted by molar-refractivity contribution is 9.10. The van der Waals surface area contributed by atoms with E-state index in [0.29, 0.717) is 21.9 Å². The largest absolute Gasteiger partial charge is 0.359 e. The van der Waals surface area contributed by atoms with Crippen molar-refractivity contribution in [1.82, 2.24) is 10.1 Å². The first kappa shape index (κ1) is 16.7. The molecule has 130 valence electrons. The van der Waals surface area contributed by atoms with Crippen molar-refractivity contribution in [3.8, 4) is 22.5 Å². The number of hydrogen-bond donors (Lipinski definition) is 0. The highest BCUT2D eigenvalue weighted by Gasteiger charge is 2.24. The zero-order valence-electron chi connectivity index (χ0n) is 14.0. The summed E-state index contributed by atoms with van der Waals surface area (Å²) in [6.07, 6.45) is 0. The van der Waals surface area contributed by atoms with E-state index in [0.717, 1.165) is 26.5 Å². The van der Waals surface area contributed by atoms with E-state index in [-0.39, 0.29) is 11.5 Å². The number of benzene rings is 2. The van der Waals surface area contributed by atoms with Gasteiger partial charge in [-0.3, -0.25) is 4.63 Å². The number of rotatable bonds is 2. The van der Waals surface area contributed by atoms with Crippen LogP contribution in [0.1, 0.15) is 11.3 Å². The van der Waals surface area contributed by atoms with Gasteiger partial charge in [-0.2, -0.15) is 0 Å². The molecule has 26 heavy (non-hydrogen) atoms. The standard InChI is InChI=1S/C19H13BrFN3O2/c1-10-7-16(20)15-9-14(12-3-5-13(21)6-4-12)18(22-17(15)8-10)19-11(2)23-26-24(19)25/h3-9H,1-2H3. The van der Waals surface area contributed by atoms with E-state index in [9.17, 15) is 9.60 Å². The maximum atomic E-state index is 13.4. The van der Waals surface area contributed by atoms with Crippen molar-refractivity contribution in [3.05, 3.63) is 69.2 Å². The predicted molar refractivity (Wildman–Crippen MR) is 98.8 cm³/mol. The van der Waals surface area contributed by atoms with Crippen LogP contribution in [0.15, 0.2) is 51.6 Å². The van der Waals surface area contributed by atoms with Gasteiger partial charge in [0, 0.05) is 27.5 Å². The number of fused-ring (bicyclic) bond motifs is 1. The summed E-state index contributed by atoms with van der Waals surface area (Å²) in [5, 5.41) is 16.7. The summed E-state index contributed by atoms with van der Waals surface area (Å²) in [5.41, 5.74) is 4.32. The quantitative estimate of drug-likeness (QED) is 0.446. The third-order valence-corrected chi connectivity index (χ3v) is 4.84. The van der Waals surface area contributed by atoms with Gasteiger partial charge in [0.1, 0.15) is 11.5 Å². The second-order valence-corrected chi connectivity index (χ2v) is 6.92. The van der Waals surface area contributed by atoms with E-state index in [1.54, 1.807) is 19.1 Å². The minimum absolute atomic E-state index is 0.240. The van der Waals surface area contributed by atoms with Crippen molar-refractivity contribution < 1.29 is 13.9 Å². The van der Waals surface area contributed by atoms with Crippen LogP contribution < -0.4 is 4.90 Å². The van der Waals surface area contributed by atoms with Crippen molar-refractivity contribution in [1.29, 1.82) is 0 Å². The fourth-order valence-corrected chi connectivity index (χ4v) is 3.64. The maximum absolute atomic E-state index is 13.4. The normalized spacial score (nSPS) is 11.2. The van der Waals surface area contributed by atoms with Crippen LogP contribution in [0.2, 0.25) is 0 Å². The van der Waals surface area contributed by atoms with Gasteiger partial charge in [-0.05, 0) is 53.3 Å². The van der Waals surface area contributed by atoms with Gasteiger partial charge in [-0.15, -0.1) is 0 Å². The van der Waals surface area contributed by atoms with Gasteiger partial charge < -0.3 is 5.21 Å². The SMILES string of the molecule is Cc1cc(Br)c2cc(-c3ccc(F)cc3)c(-c3c(C)no[n+]3[O-])nc2c1. The average Bonchev–Trinajstić information content (AvgIpc) is 2.93. The van der Waals surface area contributed by atoms with Gasteiger partial charge >= 0.3 is 0 Å². The fraction of sp³-hybridized carbons (Fsp3) is 0.105. The van der Waals surface area contributed by atoms with Crippen molar-refractivity contribution in [2.45, 2.75) is 13.8 Å². The fourth-order valence-electron chi connectivity index (χ4n) is 2.97. The van der Waals surface area contributed by atoms with Crippen LogP contribution in [0, 0.1) is 24.9 Å². The molecule has 0 fully saturated rings. The molecule has 0 amide bonds. The van der Waals surface area contributed by atoms with Crippen molar-refractivity contribution in [3.63, 3.8) is 0 Å². The van der Waals surface area contributed by atoms with Gasteiger partial charge in [-0.25, -0.2) is 9.37 Å². The summed E-state index contributed by atoms with van der Waals surface area (Å²) in [5.74, 6) is -0.332. The van der Waals surface area contributed by atoms with Crippen LogP contribution in [-0.2, 0) is 0 Å². The maximum Gasteiger partial charge on any atom is 0.247 e. The Balaban J connectivity index is 2.10. The molecular formula is C19H13BrFN3O2. The number of nitrogens with zero attached hydrogens (tertiary/aromatic N) is 3. The molecule has 7 heteroatoms. The van der Waals surface area contributed by atoms with Crippen molar-refractivity contribution in [2.24, 2.45) is 0 Å². The molecule has 2 aromatic carbocycles. The van der Waals surface area contributed by atoms with Crippen LogP contribution >= 0.6 is 15.9 Å². The van der Waals surface area contributed by atoms with Crippen molar-refractivity contribution in [2.75, 3.05) is 0 Å². The molecule has 0 unspecified atom stereocenters. The first-order chi connectivity index (χ1) is 12.4. The third kappa shape index (κ3) is 2.74. The van der Waals surface area contributed by atoms with Crippen LogP contribution in [0.25, 0.3) is 33.4 Å². The molecular weight excluding hydrogens is 401 g/mol. The van der Waals surface area contributed by atoms with Crippen LogP contribution in [0.3, 0.4) is 0 Å². The molecule has 0 spiro atoms. The number of halogens is 2. The van der Waals surface area contributed by atoms with Crippen LogP contribution in [-0.4, -0.2) is 10.1 Å². The molecule has 0 N–H and O–H groups in total. The first-order valence-electron chi connectivity index (χ1n) is 7.87. The Kier molecular flexibility index (Phi) is 3.96. The lowest BCUT2D eigenvalue weighted by atomic mass is 9.98. The predicted octanol–water partition coefficient (Wildman–Crippen LogP) is 4.71. The van der Waals surface area contributed by atoms with E-state index in [1.165, 1.54) is 12.1 Å². The molecule has 5 nitrogen and oxygen atoms in total. The van der Waals surface area contributed by atoms with E-state index in [1.807, 2.05) is 25.1 Å². The summed E-state index contributed by atoms with van der Waals surface area (Å²) in [6.45, 7) is 3.65. The highest BCUT2D eigenvalue weighted by Crippen LogP contribution is 2.36. The molecule has 2 heterocycles. The lowest BCUT2D eigenvalue weighted by Gasteiger charge is -2.11. The smallest absolute Gasteiger partial charge is 0.247 e. The van der Waals surface area contributed by atoms with E-state index in [2.05, 4.69) is 21.1 Å². The molecule has 4 aromatic rings. The molecule has 0 radical (unpaired) electrons. The van der Waals surface area contributed by atoms with E-state index < -0.39 is 0 Å². The Morgan fingerprint density at radius 3 is 2.50 bits per heavy atom. The Hall–Kier alpha value is -2.80. The number of aryl methyl sites for hydroxylation is 2. The van der Waals surface area contributed by atoms with Gasteiger partial charge in [-0.1, -0.05) is 28.1 Å². The topological polar surface area (TPSA) is 65.9 Å². The second kappa shape index (κ2) is 6.17. The molecule has 0 bridgehead atoms. The Labute approximate surface area is 156 Å². The molecule has 0 aliphatic rings. The zero-order chi connectivity index (χ0) is 18.4. The molecule has 0 atom stereocenters. The first-order valence-corrected chi connectivity index (χ1v) is 8.67. The highest BCUT2D eigenvalue weighted by atomic mass is 79.9. The molecule has 0 aliphatic carbocycles. The van der Waals surface area contributed by atoms with E-state index in [4.69, 9.17) is 9.61 Å². The lowest BCUT2D eigenvalue weighted by molar-refractivity contribution is -0.793. The Morgan fingerprint density at radius 2 is 1.85 bits per heavy atom. The summed E-state index contributed by atoms with van der Waals surface area (Å²) >= 11 is 3.57. The Bertz CT molecular complexity index is 1120. The monoisotopic (exact) mass is 413 g/mol. The second-order valence-electron chi connectivity index (χ2n) is 6.07. The summed E-state index contributed by atoms with van der Waals surface area (Å²) in [4.78, 5) is 5.06. The molecule has 4 rings (SSSR count). The van der Waals surface area contributed by atoms with Crippen LogP contribution in [0.4, 0.5) is 4.39 Å². The third-order valence-electron chi connectivity index (χ3n) is 4.18. The van der Waals surface area contributed by atoms with Gasteiger partial charge in [0.05, 0.1) is 5.52 Å². The van der Waals surface area contributed by atoms with Gasteiger partial charge in [0.2, 0.25) is 11.4 Å².